The number of nitriles is 1. The maximum absolute atomic E-state index is 13.6. The molecule has 0 saturated heterocycles. The summed E-state index contributed by atoms with van der Waals surface area (Å²) in [6, 6.07) is 6.06. The number of hydrogen-bond acceptors (Lipinski definition) is 2. The van der Waals surface area contributed by atoms with Gasteiger partial charge in [0.25, 0.3) is 5.92 Å². The van der Waals surface area contributed by atoms with E-state index in [1.165, 1.54) is 12.1 Å². The van der Waals surface area contributed by atoms with Gasteiger partial charge in [0.15, 0.2) is 0 Å². The fraction of sp³-hybridized carbons (Fsp3) is 0.462. The Hall–Kier alpha value is -1.63. The summed E-state index contributed by atoms with van der Waals surface area (Å²) in [6.45, 7) is 4.08. The summed E-state index contributed by atoms with van der Waals surface area (Å²) >= 11 is 0. The van der Waals surface area contributed by atoms with Gasteiger partial charge in [-0.3, -0.25) is 0 Å². The molecule has 0 saturated carbocycles. The summed E-state index contributed by atoms with van der Waals surface area (Å²) in [6.07, 6.45) is -0.601. The molecule has 0 aliphatic rings. The second kappa shape index (κ2) is 5.62. The van der Waals surface area contributed by atoms with E-state index < -0.39 is 12.3 Å². The molecule has 92 valence electrons. The topological polar surface area (TPSA) is 33.0 Å². The number of ether oxygens (including phenoxy) is 1. The Labute approximate surface area is 99.8 Å². The lowest BCUT2D eigenvalue weighted by Gasteiger charge is -2.17. The van der Waals surface area contributed by atoms with Crippen LogP contribution in [0.5, 0.6) is 5.75 Å². The number of alkyl halides is 2. The zero-order valence-electron chi connectivity index (χ0n) is 9.96. The molecular weight excluding hydrogens is 224 g/mol. The van der Waals surface area contributed by atoms with Gasteiger partial charge >= 0.3 is 0 Å². The highest BCUT2D eigenvalue weighted by Gasteiger charge is 2.31. The summed E-state index contributed by atoms with van der Waals surface area (Å²) < 4.78 is 32.6. The maximum atomic E-state index is 13.6. The molecule has 2 nitrogen and oxygen atoms in total. The number of halogens is 2. The van der Waals surface area contributed by atoms with Crippen molar-refractivity contribution in [2.75, 3.05) is 6.61 Å². The van der Waals surface area contributed by atoms with Crippen molar-refractivity contribution in [2.24, 2.45) is 0 Å². The van der Waals surface area contributed by atoms with E-state index in [9.17, 15) is 8.78 Å². The summed E-state index contributed by atoms with van der Waals surface area (Å²) in [5.74, 6) is -2.34. The first-order chi connectivity index (χ1) is 8.01. The first-order valence-corrected chi connectivity index (χ1v) is 5.50. The van der Waals surface area contributed by atoms with Crippen LogP contribution < -0.4 is 4.74 Å². The molecule has 1 rings (SSSR count). The van der Waals surface area contributed by atoms with E-state index in [1.807, 2.05) is 6.92 Å². The lowest BCUT2D eigenvalue weighted by atomic mass is 10.0. The third-order valence-corrected chi connectivity index (χ3v) is 2.45. The highest BCUT2D eigenvalue weighted by Crippen LogP contribution is 2.34. The van der Waals surface area contributed by atoms with Crippen molar-refractivity contribution in [3.63, 3.8) is 0 Å². The average Bonchev–Trinajstić information content (AvgIpc) is 2.29. The number of benzene rings is 1. The van der Waals surface area contributed by atoms with Crippen molar-refractivity contribution in [1.82, 2.24) is 0 Å². The zero-order valence-corrected chi connectivity index (χ0v) is 9.96. The Morgan fingerprint density at radius 3 is 2.65 bits per heavy atom. The minimum atomic E-state index is -2.95. The van der Waals surface area contributed by atoms with Crippen molar-refractivity contribution in [2.45, 2.75) is 32.6 Å². The molecule has 17 heavy (non-hydrogen) atoms. The second-order valence-corrected chi connectivity index (χ2v) is 3.78. The van der Waals surface area contributed by atoms with Gasteiger partial charge in [-0.25, -0.2) is 8.78 Å². The molecule has 1 aromatic carbocycles. The fourth-order valence-electron chi connectivity index (χ4n) is 1.55. The van der Waals surface area contributed by atoms with Crippen molar-refractivity contribution in [1.29, 1.82) is 5.26 Å². The molecule has 0 atom stereocenters. The van der Waals surface area contributed by atoms with E-state index in [0.29, 0.717) is 17.9 Å². The van der Waals surface area contributed by atoms with Crippen LogP contribution >= 0.6 is 0 Å². The first kappa shape index (κ1) is 13.4. The van der Waals surface area contributed by atoms with Gasteiger partial charge in [-0.05, 0) is 37.6 Å². The Bertz CT molecular complexity index is 424. The average molecular weight is 239 g/mol. The van der Waals surface area contributed by atoms with Crippen LogP contribution in [0, 0.1) is 18.3 Å². The number of nitrogens with zero attached hydrogens (tertiary/aromatic N) is 1. The van der Waals surface area contributed by atoms with Crippen molar-refractivity contribution in [3.8, 4) is 11.8 Å². The van der Waals surface area contributed by atoms with E-state index >= 15 is 0 Å². The summed E-state index contributed by atoms with van der Waals surface area (Å²) in [7, 11) is 0. The van der Waals surface area contributed by atoms with E-state index in [-0.39, 0.29) is 12.0 Å². The van der Waals surface area contributed by atoms with Gasteiger partial charge in [-0.2, -0.15) is 5.26 Å². The Kier molecular flexibility index (Phi) is 4.45. The normalized spacial score (nSPS) is 11.0. The summed E-state index contributed by atoms with van der Waals surface area (Å²) in [5, 5.41) is 8.34. The first-order valence-electron chi connectivity index (χ1n) is 5.50. The van der Waals surface area contributed by atoms with Crippen LogP contribution in [0.15, 0.2) is 18.2 Å². The van der Waals surface area contributed by atoms with Crippen molar-refractivity contribution < 1.29 is 13.5 Å². The van der Waals surface area contributed by atoms with Crippen LogP contribution in [-0.2, 0) is 5.92 Å². The van der Waals surface area contributed by atoms with E-state index in [4.69, 9.17) is 10.00 Å². The van der Waals surface area contributed by atoms with E-state index in [1.54, 1.807) is 19.1 Å². The third-order valence-electron chi connectivity index (χ3n) is 2.45. The SMILES string of the molecule is CCOc1ccc(C(F)(F)CCC#N)cc1C. The second-order valence-electron chi connectivity index (χ2n) is 3.78. The Balaban J connectivity index is 2.92. The van der Waals surface area contributed by atoms with Crippen LogP contribution in [-0.4, -0.2) is 6.61 Å². The standard InChI is InChI=1S/C13H15F2NO/c1-3-17-12-6-5-11(9-10(12)2)13(14,15)7-4-8-16/h5-6,9H,3-4,7H2,1-2H3. The molecule has 0 aromatic heterocycles. The smallest absolute Gasteiger partial charge is 0.274 e. The molecule has 0 aliphatic heterocycles. The predicted octanol–water partition coefficient (Wildman–Crippen LogP) is 3.79. The van der Waals surface area contributed by atoms with Gasteiger partial charge in [0.1, 0.15) is 5.75 Å². The molecule has 0 spiro atoms. The molecular formula is C13H15F2NO. The van der Waals surface area contributed by atoms with E-state index in [2.05, 4.69) is 0 Å². The molecule has 4 heteroatoms. The largest absolute Gasteiger partial charge is 0.494 e. The lowest BCUT2D eigenvalue weighted by Crippen LogP contribution is -2.13. The molecule has 0 amide bonds. The highest BCUT2D eigenvalue weighted by atomic mass is 19.3. The van der Waals surface area contributed by atoms with E-state index in [0.717, 1.165) is 0 Å². The van der Waals surface area contributed by atoms with Crippen LogP contribution in [0.2, 0.25) is 0 Å². The van der Waals surface area contributed by atoms with Crippen molar-refractivity contribution in [3.05, 3.63) is 29.3 Å². The maximum Gasteiger partial charge on any atom is 0.274 e. The minimum Gasteiger partial charge on any atom is -0.494 e. The monoisotopic (exact) mass is 239 g/mol. The zero-order chi connectivity index (χ0) is 12.9. The summed E-state index contributed by atoms with van der Waals surface area (Å²) in [5.41, 5.74) is 0.620. The van der Waals surface area contributed by atoms with Gasteiger partial charge in [0, 0.05) is 18.4 Å². The Morgan fingerprint density at radius 1 is 1.41 bits per heavy atom. The predicted molar refractivity (Wildman–Crippen MR) is 61.1 cm³/mol. The van der Waals surface area contributed by atoms with Crippen molar-refractivity contribution >= 4 is 0 Å². The minimum absolute atomic E-state index is 0.0614. The van der Waals surface area contributed by atoms with Crippen LogP contribution in [0.4, 0.5) is 8.78 Å². The quantitative estimate of drug-likeness (QED) is 0.783. The van der Waals surface area contributed by atoms with Crippen LogP contribution in [0.1, 0.15) is 30.9 Å². The van der Waals surface area contributed by atoms with Crippen LogP contribution in [0.25, 0.3) is 0 Å². The van der Waals surface area contributed by atoms with Gasteiger partial charge in [0.05, 0.1) is 12.7 Å². The van der Waals surface area contributed by atoms with Gasteiger partial charge in [-0.15, -0.1) is 0 Å². The third kappa shape index (κ3) is 3.42. The van der Waals surface area contributed by atoms with Gasteiger partial charge in [-0.1, -0.05) is 0 Å². The van der Waals surface area contributed by atoms with Gasteiger partial charge < -0.3 is 4.74 Å². The number of rotatable bonds is 5. The molecule has 0 N–H and O–H groups in total. The van der Waals surface area contributed by atoms with Crippen LogP contribution in [0.3, 0.4) is 0 Å². The molecule has 0 radical (unpaired) electrons. The Morgan fingerprint density at radius 2 is 2.12 bits per heavy atom. The molecule has 1 aromatic rings. The summed E-state index contributed by atoms with van der Waals surface area (Å²) in [4.78, 5) is 0. The van der Waals surface area contributed by atoms with Gasteiger partial charge in [0.2, 0.25) is 0 Å². The fourth-order valence-corrected chi connectivity index (χ4v) is 1.55. The number of hydrogen-bond donors (Lipinski definition) is 0. The molecule has 0 heterocycles. The highest BCUT2D eigenvalue weighted by molar-refractivity contribution is 5.37. The molecule has 0 bridgehead atoms. The molecule has 0 fully saturated rings. The lowest BCUT2D eigenvalue weighted by molar-refractivity contribution is -0.0120. The number of aryl methyl sites for hydroxylation is 1. The molecule has 0 unspecified atom stereocenters. The molecule has 0 aliphatic carbocycles.